The van der Waals surface area contributed by atoms with Gasteiger partial charge in [-0.2, -0.15) is 0 Å². The summed E-state index contributed by atoms with van der Waals surface area (Å²) in [6.45, 7) is 13.9. The quantitative estimate of drug-likeness (QED) is 0.290. The van der Waals surface area contributed by atoms with Gasteiger partial charge in [0.05, 0.1) is 64.1 Å². The lowest BCUT2D eigenvalue weighted by molar-refractivity contribution is -0.896. The van der Waals surface area contributed by atoms with Gasteiger partial charge in [0.15, 0.2) is 0 Å². The van der Waals surface area contributed by atoms with Crippen LogP contribution in [0.5, 0.6) is 0 Å². The lowest BCUT2D eigenvalue weighted by Gasteiger charge is -2.32. The first-order valence-corrected chi connectivity index (χ1v) is 11.9. The summed E-state index contributed by atoms with van der Waals surface area (Å²) in [7, 11) is 2.14. The molecular weight excluding hydrogens is 480 g/mol. The first-order chi connectivity index (χ1) is 15.4. The zero-order chi connectivity index (χ0) is 23.3. The van der Waals surface area contributed by atoms with E-state index in [-0.39, 0.29) is 41.7 Å². The number of anilines is 1. The number of aryl methyl sites for hydroxylation is 1. The smallest absolute Gasteiger partial charge is 0.256 e. The Morgan fingerprint density at radius 3 is 2.38 bits per heavy atom. The van der Waals surface area contributed by atoms with Crippen molar-refractivity contribution in [2.24, 2.45) is 0 Å². The SMILES string of the molecule is CCn1cc(C(=O)NCCC[NH+](CC)CC)c(=O)c2cc(F)c(N3CC[NH+](C)CC3)cc21.[Cl-].[Cl-]. The maximum Gasteiger partial charge on any atom is 0.256 e. The third kappa shape index (κ3) is 6.84. The summed E-state index contributed by atoms with van der Waals surface area (Å²) in [6, 6.07) is 3.08. The van der Waals surface area contributed by atoms with Crippen molar-refractivity contribution in [3.8, 4) is 0 Å². The second-order valence-corrected chi connectivity index (χ2v) is 8.74. The Hall–Kier alpha value is -1.87. The molecule has 1 saturated heterocycles. The molecule has 0 bridgehead atoms. The zero-order valence-electron chi connectivity index (χ0n) is 20.6. The largest absolute Gasteiger partial charge is 1.00 e. The molecule has 34 heavy (non-hydrogen) atoms. The molecular formula is C24H38Cl2FN5O2. The second-order valence-electron chi connectivity index (χ2n) is 8.74. The van der Waals surface area contributed by atoms with E-state index in [0.29, 0.717) is 24.3 Å². The van der Waals surface area contributed by atoms with Crippen LogP contribution < -0.4 is 50.3 Å². The topological polar surface area (TPSA) is 63.2 Å². The fraction of sp³-hybridized carbons (Fsp3) is 0.583. The number of amides is 1. The van der Waals surface area contributed by atoms with Crippen molar-refractivity contribution in [2.75, 3.05) is 64.3 Å². The van der Waals surface area contributed by atoms with Gasteiger partial charge in [-0.3, -0.25) is 9.59 Å². The van der Waals surface area contributed by atoms with Crippen LogP contribution in [0.1, 0.15) is 37.6 Å². The summed E-state index contributed by atoms with van der Waals surface area (Å²) in [6.07, 6.45) is 2.47. The summed E-state index contributed by atoms with van der Waals surface area (Å²) in [5.41, 5.74) is 0.860. The highest BCUT2D eigenvalue weighted by Gasteiger charge is 2.22. The summed E-state index contributed by atoms with van der Waals surface area (Å²) in [5.74, 6) is -0.795. The van der Waals surface area contributed by atoms with Gasteiger partial charge in [-0.05, 0) is 32.9 Å². The third-order valence-electron chi connectivity index (χ3n) is 6.68. The fourth-order valence-electron chi connectivity index (χ4n) is 4.43. The van der Waals surface area contributed by atoms with Crippen molar-refractivity contribution in [3.63, 3.8) is 0 Å². The minimum absolute atomic E-state index is 0. The number of carbonyl (C=O) groups is 1. The van der Waals surface area contributed by atoms with Gasteiger partial charge >= 0.3 is 0 Å². The molecule has 0 saturated carbocycles. The number of halogens is 3. The van der Waals surface area contributed by atoms with Crippen LogP contribution in [0.3, 0.4) is 0 Å². The van der Waals surface area contributed by atoms with Gasteiger partial charge in [0.25, 0.3) is 5.91 Å². The van der Waals surface area contributed by atoms with Gasteiger partial charge in [-0.15, -0.1) is 0 Å². The lowest BCUT2D eigenvalue weighted by Crippen LogP contribution is -3.12. The molecule has 1 aliphatic rings. The van der Waals surface area contributed by atoms with Gasteiger partial charge in [-0.25, -0.2) is 4.39 Å². The van der Waals surface area contributed by atoms with E-state index in [0.717, 1.165) is 52.2 Å². The Labute approximate surface area is 214 Å². The van der Waals surface area contributed by atoms with E-state index < -0.39 is 11.2 Å². The van der Waals surface area contributed by atoms with Crippen LogP contribution in [0.25, 0.3) is 10.9 Å². The third-order valence-corrected chi connectivity index (χ3v) is 6.68. The van der Waals surface area contributed by atoms with E-state index >= 15 is 4.39 Å². The van der Waals surface area contributed by atoms with Crippen LogP contribution in [0.4, 0.5) is 10.1 Å². The number of benzene rings is 1. The van der Waals surface area contributed by atoms with E-state index in [2.05, 4.69) is 26.2 Å². The number of pyridine rings is 1. The molecule has 192 valence electrons. The number of likely N-dealkylation sites (N-methyl/N-ethyl adjacent to an activating group) is 1. The van der Waals surface area contributed by atoms with Crippen molar-refractivity contribution in [3.05, 3.63) is 39.9 Å². The second kappa shape index (κ2) is 13.9. The van der Waals surface area contributed by atoms with Gasteiger partial charge in [0, 0.05) is 31.1 Å². The predicted molar refractivity (Wildman–Crippen MR) is 127 cm³/mol. The molecule has 0 unspecified atom stereocenters. The van der Waals surface area contributed by atoms with Crippen LogP contribution in [-0.2, 0) is 6.54 Å². The molecule has 1 aromatic heterocycles. The van der Waals surface area contributed by atoms with E-state index in [1.807, 2.05) is 16.4 Å². The van der Waals surface area contributed by atoms with Crippen molar-refractivity contribution >= 4 is 22.5 Å². The Morgan fingerprint density at radius 1 is 1.15 bits per heavy atom. The highest BCUT2D eigenvalue weighted by Crippen LogP contribution is 2.25. The first kappa shape index (κ1) is 30.2. The summed E-state index contributed by atoms with van der Waals surface area (Å²) in [5, 5.41) is 3.13. The number of carbonyl (C=O) groups excluding carboxylic acids is 1. The van der Waals surface area contributed by atoms with Crippen LogP contribution in [0, 0.1) is 5.82 Å². The van der Waals surface area contributed by atoms with Crippen LogP contribution in [0.15, 0.2) is 23.1 Å². The standard InChI is InChI=1S/C24H36FN5O2.2ClH/c1-5-28(6-2)10-8-9-26-24(32)19-17-29(7-3)21-16-22(20(25)15-18(21)23(19)31)30-13-11-27(4)12-14-30;;/h15-17H,5-14H2,1-4H3,(H,26,32);2*1H. The molecule has 3 N–H and O–H groups in total. The highest BCUT2D eigenvalue weighted by molar-refractivity contribution is 5.97. The number of rotatable bonds is 9. The van der Waals surface area contributed by atoms with E-state index in [1.165, 1.54) is 15.9 Å². The van der Waals surface area contributed by atoms with Crippen molar-refractivity contribution < 1.29 is 43.8 Å². The molecule has 0 aliphatic carbocycles. The highest BCUT2D eigenvalue weighted by atomic mass is 35.5. The maximum atomic E-state index is 15.0. The molecule has 2 heterocycles. The number of hydrogen-bond donors (Lipinski definition) is 3. The average Bonchev–Trinajstić information content (AvgIpc) is 2.80. The monoisotopic (exact) mass is 517 g/mol. The Balaban J connectivity index is 0.00000289. The molecule has 1 aliphatic heterocycles. The molecule has 7 nitrogen and oxygen atoms in total. The summed E-state index contributed by atoms with van der Waals surface area (Å²) >= 11 is 0. The Kier molecular flexibility index (Phi) is 12.3. The normalized spacial score (nSPS) is 14.1. The predicted octanol–water partition coefficient (Wildman–Crippen LogP) is -6.45. The summed E-state index contributed by atoms with van der Waals surface area (Å²) < 4.78 is 16.9. The molecule has 0 radical (unpaired) electrons. The molecule has 1 amide bonds. The van der Waals surface area contributed by atoms with E-state index in [1.54, 1.807) is 12.3 Å². The van der Waals surface area contributed by atoms with Gasteiger partial charge < -0.3 is 49.4 Å². The average molecular weight is 519 g/mol. The molecule has 1 fully saturated rings. The molecule has 2 aromatic rings. The van der Waals surface area contributed by atoms with Gasteiger partial charge in [0.1, 0.15) is 11.4 Å². The number of nitrogens with one attached hydrogen (secondary N) is 3. The fourth-order valence-corrected chi connectivity index (χ4v) is 4.43. The zero-order valence-corrected chi connectivity index (χ0v) is 22.2. The van der Waals surface area contributed by atoms with Crippen molar-refractivity contribution in [1.82, 2.24) is 9.88 Å². The number of hydrogen-bond acceptors (Lipinski definition) is 3. The molecule has 1 aromatic carbocycles. The van der Waals surface area contributed by atoms with Crippen LogP contribution >= 0.6 is 0 Å². The minimum Gasteiger partial charge on any atom is -1.00 e. The minimum atomic E-state index is -0.412. The number of nitrogens with zero attached hydrogens (tertiary/aromatic N) is 2. The molecule has 10 heteroatoms. The van der Waals surface area contributed by atoms with Crippen LogP contribution in [0.2, 0.25) is 0 Å². The molecule has 0 spiro atoms. The lowest BCUT2D eigenvalue weighted by atomic mass is 10.1. The van der Waals surface area contributed by atoms with Crippen molar-refractivity contribution in [2.45, 2.75) is 33.7 Å². The van der Waals surface area contributed by atoms with Gasteiger partial charge in [-0.1, -0.05) is 0 Å². The summed E-state index contributed by atoms with van der Waals surface area (Å²) in [4.78, 5) is 30.8. The first-order valence-electron chi connectivity index (χ1n) is 11.9. The molecule has 3 rings (SSSR count). The number of aromatic nitrogens is 1. The van der Waals surface area contributed by atoms with Crippen molar-refractivity contribution in [1.29, 1.82) is 0 Å². The van der Waals surface area contributed by atoms with Crippen LogP contribution in [-0.4, -0.2) is 69.9 Å². The maximum absolute atomic E-state index is 15.0. The Morgan fingerprint density at radius 2 is 1.79 bits per heavy atom. The number of piperazine rings is 1. The van der Waals surface area contributed by atoms with E-state index in [9.17, 15) is 9.59 Å². The number of quaternary nitrogens is 2. The number of fused-ring (bicyclic) bond motifs is 1. The van der Waals surface area contributed by atoms with Gasteiger partial charge in [0.2, 0.25) is 5.43 Å². The molecule has 0 atom stereocenters. The Bertz CT molecular complexity index is 1010. The van der Waals surface area contributed by atoms with E-state index in [4.69, 9.17) is 0 Å².